The van der Waals surface area contributed by atoms with Crippen molar-refractivity contribution in [1.82, 2.24) is 4.98 Å². The van der Waals surface area contributed by atoms with Gasteiger partial charge < -0.3 is 5.32 Å². The lowest BCUT2D eigenvalue weighted by Gasteiger charge is -2.16. The van der Waals surface area contributed by atoms with Gasteiger partial charge in [0, 0.05) is 12.7 Å². The Morgan fingerprint density at radius 2 is 2.50 bits per heavy atom. The standard InChI is InChI=1S/C9H9N3/c10-5-7-4-9-8(12-6-7)2-1-3-11-9/h4,6,11H,1-3H2. The second-order valence-electron chi connectivity index (χ2n) is 2.86. The Morgan fingerprint density at radius 3 is 3.33 bits per heavy atom. The molecule has 2 heterocycles. The van der Waals surface area contributed by atoms with Crippen LogP contribution in [-0.2, 0) is 6.42 Å². The van der Waals surface area contributed by atoms with Gasteiger partial charge in [0.05, 0.1) is 16.9 Å². The minimum Gasteiger partial charge on any atom is -0.384 e. The molecule has 0 aromatic carbocycles. The maximum atomic E-state index is 8.62. The summed E-state index contributed by atoms with van der Waals surface area (Å²) in [5.41, 5.74) is 2.74. The van der Waals surface area contributed by atoms with Crippen molar-refractivity contribution in [3.05, 3.63) is 23.5 Å². The Bertz CT molecular complexity index is 338. The number of nitriles is 1. The van der Waals surface area contributed by atoms with Crippen molar-refractivity contribution in [1.29, 1.82) is 5.26 Å². The minimum absolute atomic E-state index is 0.628. The van der Waals surface area contributed by atoms with E-state index < -0.39 is 0 Å². The summed E-state index contributed by atoms with van der Waals surface area (Å²) in [7, 11) is 0. The molecule has 0 aliphatic carbocycles. The second-order valence-corrected chi connectivity index (χ2v) is 2.86. The molecule has 3 nitrogen and oxygen atoms in total. The number of hydrogen-bond donors (Lipinski definition) is 1. The molecule has 3 heteroatoms. The van der Waals surface area contributed by atoms with Crippen LogP contribution in [0.2, 0.25) is 0 Å². The van der Waals surface area contributed by atoms with Crippen molar-refractivity contribution < 1.29 is 0 Å². The van der Waals surface area contributed by atoms with Gasteiger partial charge in [-0.2, -0.15) is 5.26 Å². The number of pyridine rings is 1. The number of hydrogen-bond acceptors (Lipinski definition) is 3. The average Bonchev–Trinajstić information content (AvgIpc) is 2.17. The van der Waals surface area contributed by atoms with E-state index in [0.717, 1.165) is 30.8 Å². The lowest BCUT2D eigenvalue weighted by molar-refractivity contribution is 0.801. The fraction of sp³-hybridized carbons (Fsp3) is 0.333. The van der Waals surface area contributed by atoms with Gasteiger partial charge in [0.25, 0.3) is 0 Å². The molecular weight excluding hydrogens is 150 g/mol. The Morgan fingerprint density at radius 1 is 1.58 bits per heavy atom. The van der Waals surface area contributed by atoms with Gasteiger partial charge in [-0.25, -0.2) is 0 Å². The van der Waals surface area contributed by atoms with Crippen LogP contribution in [0.15, 0.2) is 12.3 Å². The summed E-state index contributed by atoms with van der Waals surface area (Å²) in [6, 6.07) is 3.94. The van der Waals surface area contributed by atoms with E-state index in [1.807, 2.05) is 6.07 Å². The van der Waals surface area contributed by atoms with E-state index in [9.17, 15) is 0 Å². The Kier molecular flexibility index (Phi) is 1.67. The molecule has 1 aliphatic heterocycles. The summed E-state index contributed by atoms with van der Waals surface area (Å²) >= 11 is 0. The van der Waals surface area contributed by atoms with Crippen molar-refractivity contribution in [3.8, 4) is 6.07 Å². The molecular formula is C9H9N3. The zero-order valence-corrected chi connectivity index (χ0v) is 6.67. The van der Waals surface area contributed by atoms with Gasteiger partial charge in [-0.05, 0) is 18.9 Å². The molecule has 0 radical (unpaired) electrons. The molecule has 0 amide bonds. The van der Waals surface area contributed by atoms with E-state index in [-0.39, 0.29) is 0 Å². The predicted molar refractivity (Wildman–Crippen MR) is 45.8 cm³/mol. The van der Waals surface area contributed by atoms with Crippen molar-refractivity contribution in [2.75, 3.05) is 11.9 Å². The molecule has 0 saturated carbocycles. The Labute approximate surface area is 71.0 Å². The molecule has 0 atom stereocenters. The highest BCUT2D eigenvalue weighted by molar-refractivity contribution is 5.53. The topological polar surface area (TPSA) is 48.7 Å². The third-order valence-electron chi connectivity index (χ3n) is 2.01. The lowest BCUT2D eigenvalue weighted by Crippen LogP contribution is -2.13. The zero-order valence-electron chi connectivity index (χ0n) is 6.67. The molecule has 0 fully saturated rings. The van der Waals surface area contributed by atoms with Crippen LogP contribution in [0, 0.1) is 11.3 Å². The van der Waals surface area contributed by atoms with E-state index in [4.69, 9.17) is 5.26 Å². The van der Waals surface area contributed by atoms with E-state index in [1.54, 1.807) is 6.20 Å². The summed E-state index contributed by atoms with van der Waals surface area (Å²) in [4.78, 5) is 4.21. The van der Waals surface area contributed by atoms with Gasteiger partial charge in [-0.15, -0.1) is 0 Å². The summed E-state index contributed by atoms with van der Waals surface area (Å²) in [6.45, 7) is 0.990. The monoisotopic (exact) mass is 159 g/mol. The second kappa shape index (κ2) is 2.82. The normalized spacial score (nSPS) is 14.2. The maximum absolute atomic E-state index is 8.62. The summed E-state index contributed by atoms with van der Waals surface area (Å²) in [5.74, 6) is 0. The lowest BCUT2D eigenvalue weighted by atomic mass is 10.1. The van der Waals surface area contributed by atoms with Crippen LogP contribution in [0.4, 0.5) is 5.69 Å². The predicted octanol–water partition coefficient (Wildman–Crippen LogP) is 1.31. The number of fused-ring (bicyclic) bond motifs is 1. The largest absolute Gasteiger partial charge is 0.384 e. The van der Waals surface area contributed by atoms with Gasteiger partial charge in [0.2, 0.25) is 0 Å². The number of nitrogens with zero attached hydrogens (tertiary/aromatic N) is 2. The summed E-state index contributed by atoms with van der Waals surface area (Å²) in [6.07, 6.45) is 3.78. The Hall–Kier alpha value is -1.56. The molecule has 1 aromatic rings. The van der Waals surface area contributed by atoms with Crippen molar-refractivity contribution in [2.24, 2.45) is 0 Å². The zero-order chi connectivity index (χ0) is 8.39. The average molecular weight is 159 g/mol. The third kappa shape index (κ3) is 1.12. The van der Waals surface area contributed by atoms with Gasteiger partial charge in [0.1, 0.15) is 6.07 Å². The summed E-state index contributed by atoms with van der Waals surface area (Å²) < 4.78 is 0. The van der Waals surface area contributed by atoms with Gasteiger partial charge in [-0.1, -0.05) is 0 Å². The van der Waals surface area contributed by atoms with E-state index in [0.29, 0.717) is 5.56 Å². The van der Waals surface area contributed by atoms with E-state index >= 15 is 0 Å². The van der Waals surface area contributed by atoms with Crippen molar-refractivity contribution >= 4 is 5.69 Å². The fourth-order valence-electron chi connectivity index (χ4n) is 1.39. The van der Waals surface area contributed by atoms with Crippen LogP contribution in [-0.4, -0.2) is 11.5 Å². The van der Waals surface area contributed by atoms with Gasteiger partial charge in [-0.3, -0.25) is 4.98 Å². The number of nitrogens with one attached hydrogen (secondary N) is 1. The quantitative estimate of drug-likeness (QED) is 0.621. The van der Waals surface area contributed by atoms with Crippen molar-refractivity contribution in [3.63, 3.8) is 0 Å². The highest BCUT2D eigenvalue weighted by Crippen LogP contribution is 2.19. The molecule has 0 spiro atoms. The molecule has 0 bridgehead atoms. The number of aryl methyl sites for hydroxylation is 1. The van der Waals surface area contributed by atoms with Crippen LogP contribution < -0.4 is 5.32 Å². The molecule has 0 unspecified atom stereocenters. The van der Waals surface area contributed by atoms with Crippen molar-refractivity contribution in [2.45, 2.75) is 12.8 Å². The molecule has 60 valence electrons. The van der Waals surface area contributed by atoms with Crippen LogP contribution >= 0.6 is 0 Å². The van der Waals surface area contributed by atoms with Crippen LogP contribution in [0.1, 0.15) is 17.7 Å². The SMILES string of the molecule is N#Cc1cnc2c(c1)NCCC2. The van der Waals surface area contributed by atoms with Crippen LogP contribution in [0.3, 0.4) is 0 Å². The number of anilines is 1. The van der Waals surface area contributed by atoms with Crippen LogP contribution in [0.25, 0.3) is 0 Å². The third-order valence-corrected chi connectivity index (χ3v) is 2.01. The highest BCUT2D eigenvalue weighted by atomic mass is 14.9. The number of aromatic nitrogens is 1. The molecule has 12 heavy (non-hydrogen) atoms. The first-order chi connectivity index (χ1) is 5.90. The molecule has 1 aromatic heterocycles. The molecule has 1 N–H and O–H groups in total. The minimum atomic E-state index is 0.628. The highest BCUT2D eigenvalue weighted by Gasteiger charge is 2.09. The van der Waals surface area contributed by atoms with E-state index in [2.05, 4.69) is 16.4 Å². The van der Waals surface area contributed by atoms with E-state index in [1.165, 1.54) is 0 Å². The number of rotatable bonds is 0. The Balaban J connectivity index is 2.44. The summed E-state index contributed by atoms with van der Waals surface area (Å²) in [5, 5.41) is 11.8. The molecule has 2 rings (SSSR count). The first kappa shape index (κ1) is 7.11. The van der Waals surface area contributed by atoms with Crippen LogP contribution in [0.5, 0.6) is 0 Å². The fourth-order valence-corrected chi connectivity index (χ4v) is 1.39. The van der Waals surface area contributed by atoms with Gasteiger partial charge >= 0.3 is 0 Å². The van der Waals surface area contributed by atoms with Gasteiger partial charge in [0.15, 0.2) is 0 Å². The molecule has 0 saturated heterocycles. The molecule has 1 aliphatic rings. The maximum Gasteiger partial charge on any atom is 0.101 e. The first-order valence-electron chi connectivity index (χ1n) is 4.03. The smallest absolute Gasteiger partial charge is 0.101 e. The first-order valence-corrected chi connectivity index (χ1v) is 4.03.